The van der Waals surface area contributed by atoms with Gasteiger partial charge in [0.2, 0.25) is 0 Å². The summed E-state index contributed by atoms with van der Waals surface area (Å²) < 4.78 is 1.88. The number of hydrogen-bond acceptors (Lipinski definition) is 4. The quantitative estimate of drug-likeness (QED) is 0.573. The van der Waals surface area contributed by atoms with Gasteiger partial charge in [-0.15, -0.1) is 0 Å². The number of nitro groups is 1. The molecule has 7 nitrogen and oxygen atoms in total. The lowest BCUT2D eigenvalue weighted by Gasteiger charge is -2.09. The summed E-state index contributed by atoms with van der Waals surface area (Å²) in [6.45, 7) is 1.91. The second-order valence-electron chi connectivity index (χ2n) is 5.53. The van der Waals surface area contributed by atoms with Crippen molar-refractivity contribution in [3.8, 4) is 5.69 Å². The maximum Gasteiger partial charge on any atom is 0.273 e. The molecule has 0 spiro atoms. The normalized spacial score (nSPS) is 10.4. The highest BCUT2D eigenvalue weighted by Crippen LogP contribution is 2.21. The van der Waals surface area contributed by atoms with Crippen molar-refractivity contribution < 1.29 is 9.72 Å². The molecule has 3 rings (SSSR count). The molecule has 0 unspecified atom stereocenters. The Bertz CT molecular complexity index is 903. The third-order valence-corrected chi connectivity index (χ3v) is 3.94. The monoisotopic (exact) mass is 336 g/mol. The number of hydrogen-bond donors (Lipinski definition) is 1. The zero-order valence-electron chi connectivity index (χ0n) is 13.5. The van der Waals surface area contributed by atoms with Gasteiger partial charge in [-0.05, 0) is 30.7 Å². The van der Waals surface area contributed by atoms with E-state index in [1.54, 1.807) is 25.5 Å². The number of aromatic nitrogens is 2. The average Bonchev–Trinajstić information content (AvgIpc) is 3.14. The molecule has 0 aliphatic carbocycles. The molecule has 0 saturated carbocycles. The summed E-state index contributed by atoms with van der Waals surface area (Å²) in [6, 6.07) is 12.2. The molecular weight excluding hydrogens is 320 g/mol. The number of carbonyl (C=O) groups is 1. The molecule has 0 fully saturated rings. The number of nitro benzene ring substituents is 1. The highest BCUT2D eigenvalue weighted by atomic mass is 16.6. The van der Waals surface area contributed by atoms with Gasteiger partial charge in [-0.25, -0.2) is 4.98 Å². The minimum Gasteiger partial charge on any atom is -0.348 e. The fraction of sp³-hybridized carbons (Fsp3) is 0.111. The molecular formula is C18H16N4O3. The highest BCUT2D eigenvalue weighted by molar-refractivity contribution is 5.96. The van der Waals surface area contributed by atoms with E-state index in [1.165, 1.54) is 12.1 Å². The zero-order valence-corrected chi connectivity index (χ0v) is 13.5. The molecule has 0 bridgehead atoms. The number of nitrogens with zero attached hydrogens (tertiary/aromatic N) is 3. The summed E-state index contributed by atoms with van der Waals surface area (Å²) in [6.07, 6.45) is 5.26. The predicted octanol–water partition coefficient (Wildman–Crippen LogP) is 3.02. The fourth-order valence-electron chi connectivity index (χ4n) is 2.54. The lowest BCUT2D eigenvalue weighted by molar-refractivity contribution is -0.385. The number of carbonyl (C=O) groups excluding carboxylic acids is 1. The van der Waals surface area contributed by atoms with Gasteiger partial charge in [0.15, 0.2) is 0 Å². The largest absolute Gasteiger partial charge is 0.348 e. The van der Waals surface area contributed by atoms with Gasteiger partial charge in [0.05, 0.1) is 11.3 Å². The molecule has 0 aliphatic heterocycles. The van der Waals surface area contributed by atoms with Crippen LogP contribution in [0.2, 0.25) is 0 Å². The van der Waals surface area contributed by atoms with Crippen LogP contribution in [0, 0.1) is 17.0 Å². The summed E-state index contributed by atoms with van der Waals surface area (Å²) in [5, 5.41) is 13.8. The van der Waals surface area contributed by atoms with E-state index in [4.69, 9.17) is 0 Å². The zero-order chi connectivity index (χ0) is 17.8. The van der Waals surface area contributed by atoms with Crippen LogP contribution in [0.3, 0.4) is 0 Å². The van der Waals surface area contributed by atoms with Gasteiger partial charge in [-0.2, -0.15) is 0 Å². The van der Waals surface area contributed by atoms with E-state index in [0.29, 0.717) is 17.7 Å². The molecule has 2 aromatic carbocycles. The first-order valence-electron chi connectivity index (χ1n) is 7.66. The lowest BCUT2D eigenvalue weighted by Crippen LogP contribution is -2.23. The number of rotatable bonds is 5. The third-order valence-electron chi connectivity index (χ3n) is 3.94. The second-order valence-corrected chi connectivity index (χ2v) is 5.53. The third kappa shape index (κ3) is 3.55. The molecule has 0 radical (unpaired) electrons. The van der Waals surface area contributed by atoms with E-state index in [-0.39, 0.29) is 11.6 Å². The van der Waals surface area contributed by atoms with Crippen LogP contribution in [0.1, 0.15) is 21.5 Å². The van der Waals surface area contributed by atoms with E-state index < -0.39 is 4.92 Å². The van der Waals surface area contributed by atoms with Crippen LogP contribution in [-0.2, 0) is 6.54 Å². The van der Waals surface area contributed by atoms with Crippen LogP contribution >= 0.6 is 0 Å². The maximum absolute atomic E-state index is 12.3. The molecule has 3 aromatic rings. The number of imidazole rings is 1. The van der Waals surface area contributed by atoms with Gasteiger partial charge < -0.3 is 9.88 Å². The Morgan fingerprint density at radius 3 is 2.64 bits per heavy atom. The fourth-order valence-corrected chi connectivity index (χ4v) is 2.54. The van der Waals surface area contributed by atoms with E-state index >= 15 is 0 Å². The Morgan fingerprint density at radius 1 is 1.24 bits per heavy atom. The van der Waals surface area contributed by atoms with Crippen molar-refractivity contribution in [3.05, 3.63) is 88.0 Å². The van der Waals surface area contributed by atoms with Gasteiger partial charge in [0, 0.05) is 41.8 Å². The van der Waals surface area contributed by atoms with Gasteiger partial charge in [0.25, 0.3) is 11.6 Å². The number of amides is 1. The molecule has 126 valence electrons. The van der Waals surface area contributed by atoms with Crippen LogP contribution in [0.25, 0.3) is 5.69 Å². The minimum atomic E-state index is -0.485. The second kappa shape index (κ2) is 6.96. The van der Waals surface area contributed by atoms with Gasteiger partial charge in [-0.3, -0.25) is 14.9 Å². The summed E-state index contributed by atoms with van der Waals surface area (Å²) >= 11 is 0. The Kier molecular flexibility index (Phi) is 4.56. The van der Waals surface area contributed by atoms with Crippen molar-refractivity contribution in [2.45, 2.75) is 13.5 Å². The molecule has 0 aliphatic rings. The summed E-state index contributed by atoms with van der Waals surface area (Å²) in [5.41, 5.74) is 2.52. The Morgan fingerprint density at radius 2 is 2.00 bits per heavy atom. The summed E-state index contributed by atoms with van der Waals surface area (Å²) in [7, 11) is 0. The minimum absolute atomic E-state index is 0.0580. The SMILES string of the molecule is Cc1c(C(=O)NCc2ccc(-n3ccnc3)cc2)cccc1[N+](=O)[O-]. The molecule has 1 aromatic heterocycles. The van der Waals surface area contributed by atoms with Crippen LogP contribution in [0.15, 0.2) is 61.2 Å². The van der Waals surface area contributed by atoms with E-state index in [0.717, 1.165) is 11.3 Å². The van der Waals surface area contributed by atoms with Crippen molar-refractivity contribution in [2.24, 2.45) is 0 Å². The Hall–Kier alpha value is -3.48. The standard InChI is InChI=1S/C18H16N4O3/c1-13-16(3-2-4-17(13)22(24)25)18(23)20-11-14-5-7-15(8-6-14)21-10-9-19-12-21/h2-10,12H,11H2,1H3,(H,20,23). The van der Waals surface area contributed by atoms with E-state index in [1.807, 2.05) is 35.0 Å². The average molecular weight is 336 g/mol. The lowest BCUT2D eigenvalue weighted by atomic mass is 10.1. The smallest absolute Gasteiger partial charge is 0.273 e. The number of benzene rings is 2. The predicted molar refractivity (Wildman–Crippen MR) is 92.6 cm³/mol. The van der Waals surface area contributed by atoms with Crippen LogP contribution in [0.5, 0.6) is 0 Å². The van der Waals surface area contributed by atoms with Gasteiger partial charge in [-0.1, -0.05) is 18.2 Å². The first-order valence-corrected chi connectivity index (χ1v) is 7.66. The molecule has 1 N–H and O–H groups in total. The number of nitrogens with one attached hydrogen (secondary N) is 1. The van der Waals surface area contributed by atoms with Gasteiger partial charge in [0.1, 0.15) is 0 Å². The van der Waals surface area contributed by atoms with Gasteiger partial charge >= 0.3 is 0 Å². The molecule has 7 heteroatoms. The summed E-state index contributed by atoms with van der Waals surface area (Å²) in [4.78, 5) is 26.8. The van der Waals surface area contributed by atoms with Crippen molar-refractivity contribution in [1.82, 2.24) is 14.9 Å². The maximum atomic E-state index is 12.3. The topological polar surface area (TPSA) is 90.1 Å². The Labute approximate surface area is 144 Å². The van der Waals surface area contributed by atoms with Crippen LogP contribution < -0.4 is 5.32 Å². The van der Waals surface area contributed by atoms with Crippen LogP contribution in [-0.4, -0.2) is 20.4 Å². The highest BCUT2D eigenvalue weighted by Gasteiger charge is 2.17. The van der Waals surface area contributed by atoms with E-state index in [9.17, 15) is 14.9 Å². The first kappa shape index (κ1) is 16.4. The molecule has 1 heterocycles. The molecule has 0 atom stereocenters. The molecule has 0 saturated heterocycles. The van der Waals surface area contributed by atoms with Crippen molar-refractivity contribution in [3.63, 3.8) is 0 Å². The Balaban J connectivity index is 1.68. The van der Waals surface area contributed by atoms with E-state index in [2.05, 4.69) is 10.3 Å². The molecule has 25 heavy (non-hydrogen) atoms. The summed E-state index contributed by atoms with van der Waals surface area (Å²) in [5.74, 6) is -0.333. The molecule has 1 amide bonds. The van der Waals surface area contributed by atoms with Crippen molar-refractivity contribution in [1.29, 1.82) is 0 Å². The first-order chi connectivity index (χ1) is 12.1. The van der Waals surface area contributed by atoms with Crippen molar-refractivity contribution in [2.75, 3.05) is 0 Å². The van der Waals surface area contributed by atoms with Crippen molar-refractivity contribution >= 4 is 11.6 Å². The van der Waals surface area contributed by atoms with Crippen LogP contribution in [0.4, 0.5) is 5.69 Å².